The highest BCUT2D eigenvalue weighted by Gasteiger charge is 2.41. The van der Waals surface area contributed by atoms with E-state index in [4.69, 9.17) is 0 Å². The van der Waals surface area contributed by atoms with E-state index in [1.807, 2.05) is 0 Å². The Balaban J connectivity index is 1.47. The van der Waals surface area contributed by atoms with Crippen LogP contribution in [-0.2, 0) is 0 Å². The zero-order valence-electron chi connectivity index (χ0n) is 12.2. The number of piperazine rings is 1. The number of rotatable bonds is 2. The van der Waals surface area contributed by atoms with Crippen molar-refractivity contribution < 1.29 is 0 Å². The van der Waals surface area contributed by atoms with E-state index in [0.717, 1.165) is 18.6 Å². The van der Waals surface area contributed by atoms with Gasteiger partial charge >= 0.3 is 0 Å². The van der Waals surface area contributed by atoms with Crippen LogP contribution in [0.3, 0.4) is 0 Å². The van der Waals surface area contributed by atoms with Crippen molar-refractivity contribution in [3.05, 3.63) is 35.9 Å². The Morgan fingerprint density at radius 2 is 1.75 bits per heavy atom. The average molecular weight is 271 g/mol. The van der Waals surface area contributed by atoms with Crippen LogP contribution in [-0.4, -0.2) is 54.6 Å². The third-order valence-corrected chi connectivity index (χ3v) is 5.45. The predicted octanol–water partition coefficient (Wildman–Crippen LogP) is 1.87. The van der Waals surface area contributed by atoms with Gasteiger partial charge < -0.3 is 5.32 Å². The fraction of sp³-hybridized carbons (Fsp3) is 0.647. The molecule has 0 aromatic heterocycles. The fourth-order valence-electron chi connectivity index (χ4n) is 4.46. The second kappa shape index (κ2) is 5.47. The van der Waals surface area contributed by atoms with Gasteiger partial charge in [0.2, 0.25) is 0 Å². The van der Waals surface area contributed by atoms with E-state index < -0.39 is 0 Å². The molecular formula is C17H25N3. The Morgan fingerprint density at radius 1 is 0.900 bits per heavy atom. The lowest BCUT2D eigenvalue weighted by atomic mass is 9.99. The molecule has 20 heavy (non-hydrogen) atoms. The van der Waals surface area contributed by atoms with Crippen molar-refractivity contribution in [1.82, 2.24) is 15.1 Å². The first kappa shape index (κ1) is 12.8. The summed E-state index contributed by atoms with van der Waals surface area (Å²) in [5.41, 5.74) is 1.44. The van der Waals surface area contributed by atoms with Gasteiger partial charge in [-0.25, -0.2) is 0 Å². The van der Waals surface area contributed by atoms with Gasteiger partial charge in [0.25, 0.3) is 0 Å². The topological polar surface area (TPSA) is 18.5 Å². The number of nitrogens with zero attached hydrogens (tertiary/aromatic N) is 2. The summed E-state index contributed by atoms with van der Waals surface area (Å²) >= 11 is 0. The molecule has 3 unspecified atom stereocenters. The number of benzene rings is 1. The van der Waals surface area contributed by atoms with Gasteiger partial charge in [-0.2, -0.15) is 0 Å². The molecule has 3 nitrogen and oxygen atoms in total. The second-order valence-electron chi connectivity index (χ2n) is 6.51. The van der Waals surface area contributed by atoms with Crippen LogP contribution >= 0.6 is 0 Å². The zero-order chi connectivity index (χ0) is 13.4. The highest BCUT2D eigenvalue weighted by atomic mass is 15.3. The normalized spacial score (nSPS) is 35.3. The van der Waals surface area contributed by atoms with Crippen LogP contribution in [0.4, 0.5) is 0 Å². The molecule has 1 aromatic carbocycles. The summed E-state index contributed by atoms with van der Waals surface area (Å²) in [6.07, 6.45) is 4.21. The van der Waals surface area contributed by atoms with Crippen molar-refractivity contribution in [1.29, 1.82) is 0 Å². The van der Waals surface area contributed by atoms with Crippen LogP contribution in [0.15, 0.2) is 30.3 Å². The molecule has 0 saturated carbocycles. The molecule has 0 amide bonds. The SMILES string of the molecule is c1ccc(C2CN(C3CCN4CCCC34)CCN2)cc1. The van der Waals surface area contributed by atoms with E-state index >= 15 is 0 Å². The monoisotopic (exact) mass is 271 g/mol. The van der Waals surface area contributed by atoms with Gasteiger partial charge in [0.1, 0.15) is 0 Å². The smallest absolute Gasteiger partial charge is 0.0449 e. The van der Waals surface area contributed by atoms with Crippen LogP contribution in [0.1, 0.15) is 30.9 Å². The Morgan fingerprint density at radius 3 is 2.65 bits per heavy atom. The molecule has 3 atom stereocenters. The molecule has 0 spiro atoms. The average Bonchev–Trinajstić information content (AvgIpc) is 3.11. The molecule has 1 N–H and O–H groups in total. The molecule has 3 heterocycles. The molecule has 3 aliphatic heterocycles. The number of hydrogen-bond acceptors (Lipinski definition) is 3. The maximum Gasteiger partial charge on any atom is 0.0449 e. The highest BCUT2D eigenvalue weighted by molar-refractivity contribution is 5.20. The number of fused-ring (bicyclic) bond motifs is 1. The highest BCUT2D eigenvalue weighted by Crippen LogP contribution is 2.32. The minimum absolute atomic E-state index is 0.514. The third kappa shape index (κ3) is 2.28. The summed E-state index contributed by atoms with van der Waals surface area (Å²) in [6, 6.07) is 13.1. The molecule has 3 heteroatoms. The molecule has 4 rings (SSSR count). The Labute approximate surface area is 121 Å². The van der Waals surface area contributed by atoms with Crippen molar-refractivity contribution in [3.63, 3.8) is 0 Å². The lowest BCUT2D eigenvalue weighted by molar-refractivity contribution is 0.120. The summed E-state index contributed by atoms with van der Waals surface area (Å²) in [5, 5.41) is 3.69. The van der Waals surface area contributed by atoms with Gasteiger partial charge in [0, 0.05) is 44.3 Å². The predicted molar refractivity (Wildman–Crippen MR) is 81.8 cm³/mol. The van der Waals surface area contributed by atoms with E-state index in [0.29, 0.717) is 6.04 Å². The van der Waals surface area contributed by atoms with Crippen molar-refractivity contribution in [3.8, 4) is 0 Å². The molecule has 1 aromatic rings. The summed E-state index contributed by atoms with van der Waals surface area (Å²) in [4.78, 5) is 5.49. The first-order chi connectivity index (χ1) is 9.92. The van der Waals surface area contributed by atoms with Crippen LogP contribution < -0.4 is 5.32 Å². The van der Waals surface area contributed by atoms with E-state index in [9.17, 15) is 0 Å². The van der Waals surface area contributed by atoms with Crippen molar-refractivity contribution in [2.75, 3.05) is 32.7 Å². The first-order valence-corrected chi connectivity index (χ1v) is 8.18. The Hall–Kier alpha value is -0.900. The van der Waals surface area contributed by atoms with E-state index in [1.165, 1.54) is 51.0 Å². The van der Waals surface area contributed by atoms with Gasteiger partial charge in [-0.05, 0) is 31.4 Å². The maximum absolute atomic E-state index is 3.69. The Kier molecular flexibility index (Phi) is 3.51. The third-order valence-electron chi connectivity index (χ3n) is 5.45. The second-order valence-corrected chi connectivity index (χ2v) is 6.51. The molecule has 3 aliphatic rings. The van der Waals surface area contributed by atoms with Gasteiger partial charge in [-0.1, -0.05) is 30.3 Å². The molecule has 3 fully saturated rings. The minimum Gasteiger partial charge on any atom is -0.308 e. The van der Waals surface area contributed by atoms with Gasteiger partial charge in [0.15, 0.2) is 0 Å². The number of hydrogen-bond donors (Lipinski definition) is 1. The van der Waals surface area contributed by atoms with Crippen molar-refractivity contribution in [2.45, 2.75) is 37.4 Å². The fourth-order valence-corrected chi connectivity index (χ4v) is 4.46. The van der Waals surface area contributed by atoms with Gasteiger partial charge in [-0.3, -0.25) is 9.80 Å². The van der Waals surface area contributed by atoms with Crippen LogP contribution in [0.5, 0.6) is 0 Å². The quantitative estimate of drug-likeness (QED) is 0.886. The van der Waals surface area contributed by atoms with E-state index in [-0.39, 0.29) is 0 Å². The van der Waals surface area contributed by atoms with Crippen LogP contribution in [0, 0.1) is 0 Å². The van der Waals surface area contributed by atoms with Crippen LogP contribution in [0.25, 0.3) is 0 Å². The summed E-state index contributed by atoms with van der Waals surface area (Å²) in [6.45, 7) is 6.20. The summed E-state index contributed by atoms with van der Waals surface area (Å²) in [7, 11) is 0. The van der Waals surface area contributed by atoms with E-state index in [1.54, 1.807) is 0 Å². The minimum atomic E-state index is 0.514. The Bertz CT molecular complexity index is 447. The van der Waals surface area contributed by atoms with E-state index in [2.05, 4.69) is 45.4 Å². The van der Waals surface area contributed by atoms with Gasteiger partial charge in [-0.15, -0.1) is 0 Å². The maximum atomic E-state index is 3.69. The summed E-state index contributed by atoms with van der Waals surface area (Å²) in [5.74, 6) is 0. The standard InChI is InChI=1S/C17H25N3/c1-2-5-14(6-3-1)15-13-20(12-9-18-15)17-8-11-19-10-4-7-16(17)19/h1-3,5-6,15-18H,4,7-13H2. The van der Waals surface area contributed by atoms with Crippen molar-refractivity contribution in [2.24, 2.45) is 0 Å². The van der Waals surface area contributed by atoms with Crippen LogP contribution in [0.2, 0.25) is 0 Å². The number of nitrogens with one attached hydrogen (secondary N) is 1. The van der Waals surface area contributed by atoms with Gasteiger partial charge in [0.05, 0.1) is 0 Å². The lowest BCUT2D eigenvalue weighted by Gasteiger charge is -2.39. The first-order valence-electron chi connectivity index (χ1n) is 8.18. The molecule has 108 valence electrons. The lowest BCUT2D eigenvalue weighted by Crippen LogP contribution is -2.52. The molecule has 0 radical (unpaired) electrons. The zero-order valence-corrected chi connectivity index (χ0v) is 12.2. The van der Waals surface area contributed by atoms with Crippen molar-refractivity contribution >= 4 is 0 Å². The largest absolute Gasteiger partial charge is 0.308 e. The molecule has 3 saturated heterocycles. The molecule has 0 bridgehead atoms. The molecule has 0 aliphatic carbocycles. The molecular weight excluding hydrogens is 246 g/mol. The summed E-state index contributed by atoms with van der Waals surface area (Å²) < 4.78 is 0.